The van der Waals surface area contributed by atoms with Gasteiger partial charge in [0.15, 0.2) is 0 Å². The summed E-state index contributed by atoms with van der Waals surface area (Å²) in [6.07, 6.45) is 0.518. The summed E-state index contributed by atoms with van der Waals surface area (Å²) in [6, 6.07) is 14.2. The SMILES string of the molecule is CCCCC[C@H](c1ccc(-c2ccc(C(F)(F)F)cc2)cc1)N1CCNCC1. The van der Waals surface area contributed by atoms with Gasteiger partial charge in [0.1, 0.15) is 0 Å². The van der Waals surface area contributed by atoms with Crippen LogP contribution in [-0.4, -0.2) is 31.1 Å². The Balaban J connectivity index is 1.76. The maximum Gasteiger partial charge on any atom is 0.416 e. The third-order valence-corrected chi connectivity index (χ3v) is 5.51. The number of benzene rings is 2. The maximum atomic E-state index is 12.8. The first-order valence-electron chi connectivity index (χ1n) is 10.2. The standard InChI is InChI=1S/C23H29F3N2/c1-2-3-4-5-22(28-16-14-27-15-17-28)20-8-6-18(7-9-20)19-10-12-21(13-11-19)23(24,25)26/h6-13,22,27H,2-5,14-17H2,1H3/t22-/m1/s1. The van der Waals surface area contributed by atoms with Gasteiger partial charge in [-0.3, -0.25) is 4.90 Å². The summed E-state index contributed by atoms with van der Waals surface area (Å²) in [4.78, 5) is 2.55. The molecule has 0 aromatic heterocycles. The van der Waals surface area contributed by atoms with E-state index in [4.69, 9.17) is 0 Å². The maximum absolute atomic E-state index is 12.8. The van der Waals surface area contributed by atoms with Gasteiger partial charge in [-0.25, -0.2) is 0 Å². The van der Waals surface area contributed by atoms with Gasteiger partial charge in [0, 0.05) is 32.2 Å². The largest absolute Gasteiger partial charge is 0.416 e. The van der Waals surface area contributed by atoms with Crippen molar-refractivity contribution in [1.82, 2.24) is 10.2 Å². The monoisotopic (exact) mass is 390 g/mol. The first kappa shape index (κ1) is 20.9. The zero-order valence-corrected chi connectivity index (χ0v) is 16.4. The van der Waals surface area contributed by atoms with Crippen LogP contribution in [0.2, 0.25) is 0 Å². The molecule has 28 heavy (non-hydrogen) atoms. The van der Waals surface area contributed by atoms with Crippen LogP contribution in [0.25, 0.3) is 11.1 Å². The Morgan fingerprint density at radius 2 is 1.46 bits per heavy atom. The summed E-state index contributed by atoms with van der Waals surface area (Å²) in [5.74, 6) is 0. The van der Waals surface area contributed by atoms with Crippen molar-refractivity contribution in [3.05, 3.63) is 59.7 Å². The third kappa shape index (κ3) is 5.36. The topological polar surface area (TPSA) is 15.3 Å². The van der Waals surface area contributed by atoms with Crippen LogP contribution in [0, 0.1) is 0 Å². The summed E-state index contributed by atoms with van der Waals surface area (Å²) in [6.45, 7) is 6.37. The van der Waals surface area contributed by atoms with Gasteiger partial charge in [0.25, 0.3) is 0 Å². The quantitative estimate of drug-likeness (QED) is 0.592. The second kappa shape index (κ2) is 9.57. The molecule has 0 amide bonds. The molecule has 0 aliphatic carbocycles. The normalized spacial score (nSPS) is 16.9. The number of unbranched alkanes of at least 4 members (excludes halogenated alkanes) is 2. The number of hydrogen-bond acceptors (Lipinski definition) is 2. The molecule has 2 nitrogen and oxygen atoms in total. The minimum atomic E-state index is -4.29. The van der Waals surface area contributed by atoms with Gasteiger partial charge in [0.05, 0.1) is 5.56 Å². The van der Waals surface area contributed by atoms with Crippen LogP contribution in [0.15, 0.2) is 48.5 Å². The first-order valence-corrected chi connectivity index (χ1v) is 10.2. The molecule has 3 rings (SSSR count). The van der Waals surface area contributed by atoms with Crippen molar-refractivity contribution in [3.8, 4) is 11.1 Å². The van der Waals surface area contributed by atoms with E-state index < -0.39 is 11.7 Å². The van der Waals surface area contributed by atoms with Crippen molar-refractivity contribution in [2.75, 3.05) is 26.2 Å². The van der Waals surface area contributed by atoms with E-state index in [-0.39, 0.29) is 0 Å². The number of nitrogens with one attached hydrogen (secondary N) is 1. The Morgan fingerprint density at radius 1 is 0.893 bits per heavy atom. The molecule has 0 spiro atoms. The van der Waals surface area contributed by atoms with Gasteiger partial charge in [-0.15, -0.1) is 0 Å². The van der Waals surface area contributed by atoms with Crippen LogP contribution in [0.5, 0.6) is 0 Å². The van der Waals surface area contributed by atoms with Gasteiger partial charge < -0.3 is 5.32 Å². The minimum absolute atomic E-state index is 0.412. The highest BCUT2D eigenvalue weighted by molar-refractivity contribution is 5.64. The number of halogens is 3. The van der Waals surface area contributed by atoms with E-state index in [0.717, 1.165) is 55.9 Å². The smallest absolute Gasteiger partial charge is 0.314 e. The number of piperazine rings is 1. The average molecular weight is 390 g/mol. The number of nitrogens with zero attached hydrogens (tertiary/aromatic N) is 1. The Morgan fingerprint density at radius 3 is 2.00 bits per heavy atom. The van der Waals surface area contributed by atoms with Crippen molar-refractivity contribution in [3.63, 3.8) is 0 Å². The Hall–Kier alpha value is -1.85. The molecule has 1 saturated heterocycles. The summed E-state index contributed by atoms with van der Waals surface area (Å²) in [5.41, 5.74) is 2.45. The zero-order chi connectivity index (χ0) is 20.0. The molecule has 2 aromatic carbocycles. The lowest BCUT2D eigenvalue weighted by Crippen LogP contribution is -2.45. The number of rotatable bonds is 7. The van der Waals surface area contributed by atoms with E-state index in [1.54, 1.807) is 12.1 Å². The lowest BCUT2D eigenvalue weighted by atomic mass is 9.95. The molecule has 2 aromatic rings. The Kier molecular flexibility index (Phi) is 7.13. The van der Waals surface area contributed by atoms with Crippen molar-refractivity contribution in [2.24, 2.45) is 0 Å². The predicted octanol–water partition coefficient (Wildman–Crippen LogP) is 5.90. The molecule has 152 valence electrons. The van der Waals surface area contributed by atoms with Crippen molar-refractivity contribution in [1.29, 1.82) is 0 Å². The van der Waals surface area contributed by atoms with E-state index in [2.05, 4.69) is 29.3 Å². The lowest BCUT2D eigenvalue weighted by molar-refractivity contribution is -0.137. The van der Waals surface area contributed by atoms with Crippen molar-refractivity contribution in [2.45, 2.75) is 44.8 Å². The van der Waals surface area contributed by atoms with Crippen LogP contribution in [0.3, 0.4) is 0 Å². The lowest BCUT2D eigenvalue weighted by Gasteiger charge is -2.35. The van der Waals surface area contributed by atoms with Gasteiger partial charge in [0.2, 0.25) is 0 Å². The summed E-state index contributed by atoms with van der Waals surface area (Å²) < 4.78 is 38.3. The van der Waals surface area contributed by atoms with E-state index >= 15 is 0 Å². The minimum Gasteiger partial charge on any atom is -0.314 e. The van der Waals surface area contributed by atoms with Crippen molar-refractivity contribution < 1.29 is 13.2 Å². The summed E-state index contributed by atoms with van der Waals surface area (Å²) in [7, 11) is 0. The van der Waals surface area contributed by atoms with Crippen LogP contribution >= 0.6 is 0 Å². The highest BCUT2D eigenvalue weighted by Crippen LogP contribution is 2.32. The predicted molar refractivity (Wildman–Crippen MR) is 108 cm³/mol. The average Bonchev–Trinajstić information content (AvgIpc) is 2.72. The van der Waals surface area contributed by atoms with Crippen LogP contribution < -0.4 is 5.32 Å². The molecule has 1 heterocycles. The number of alkyl halides is 3. The molecule has 0 saturated carbocycles. The molecule has 0 bridgehead atoms. The summed E-state index contributed by atoms with van der Waals surface area (Å²) in [5, 5.41) is 3.41. The molecule has 1 aliphatic heterocycles. The van der Waals surface area contributed by atoms with Crippen LogP contribution in [-0.2, 0) is 6.18 Å². The zero-order valence-electron chi connectivity index (χ0n) is 16.4. The van der Waals surface area contributed by atoms with E-state index in [1.165, 1.54) is 24.8 Å². The van der Waals surface area contributed by atoms with Gasteiger partial charge in [-0.05, 0) is 35.2 Å². The van der Waals surface area contributed by atoms with E-state index in [0.29, 0.717) is 6.04 Å². The molecule has 0 radical (unpaired) electrons. The Labute approximate surface area is 165 Å². The first-order chi connectivity index (χ1) is 13.5. The van der Waals surface area contributed by atoms with Gasteiger partial charge in [-0.1, -0.05) is 62.6 Å². The number of hydrogen-bond donors (Lipinski definition) is 1. The van der Waals surface area contributed by atoms with Gasteiger partial charge >= 0.3 is 6.18 Å². The second-order valence-electron chi connectivity index (χ2n) is 7.49. The molecule has 1 aliphatic rings. The third-order valence-electron chi connectivity index (χ3n) is 5.51. The fourth-order valence-electron chi connectivity index (χ4n) is 3.89. The fourth-order valence-corrected chi connectivity index (χ4v) is 3.89. The van der Waals surface area contributed by atoms with Crippen LogP contribution in [0.4, 0.5) is 13.2 Å². The molecule has 0 unspecified atom stereocenters. The molecule has 1 N–H and O–H groups in total. The molecule has 1 atom stereocenters. The summed E-state index contributed by atoms with van der Waals surface area (Å²) >= 11 is 0. The molecule has 1 fully saturated rings. The molecule has 5 heteroatoms. The van der Waals surface area contributed by atoms with Gasteiger partial charge in [-0.2, -0.15) is 13.2 Å². The highest BCUT2D eigenvalue weighted by Gasteiger charge is 2.30. The molecular weight excluding hydrogens is 361 g/mol. The highest BCUT2D eigenvalue weighted by atomic mass is 19.4. The molecular formula is C23H29F3N2. The van der Waals surface area contributed by atoms with E-state index in [1.807, 2.05) is 12.1 Å². The van der Waals surface area contributed by atoms with E-state index in [9.17, 15) is 13.2 Å². The van der Waals surface area contributed by atoms with Crippen molar-refractivity contribution >= 4 is 0 Å². The fraction of sp³-hybridized carbons (Fsp3) is 0.478. The van der Waals surface area contributed by atoms with Crippen LogP contribution in [0.1, 0.15) is 49.8 Å². The second-order valence-corrected chi connectivity index (χ2v) is 7.49. The Bertz CT molecular complexity index is 717.